The van der Waals surface area contributed by atoms with E-state index >= 15 is 0 Å². The summed E-state index contributed by atoms with van der Waals surface area (Å²) in [6.07, 6.45) is 0.416. The largest absolute Gasteiger partial charge is 0.333 e. The molecule has 1 fully saturated rings. The molecular weight excluding hydrogens is 411 g/mol. The number of anilines is 1. The highest BCUT2D eigenvalue weighted by Gasteiger charge is 2.59. The fraction of sp³-hybridized carbons (Fsp3) is 0.250. The molecule has 0 unspecified atom stereocenters. The molecule has 7 nitrogen and oxygen atoms in total. The highest BCUT2D eigenvalue weighted by atomic mass is 19.1. The SMILES string of the molecule is Cc1ccc(=O)n(CC(=O)N2CC[C@]3(C(=O)Nc4ccccc43)[C@@H]2c2ccc(F)cc2)n1. The number of aryl methyl sites for hydroxylation is 1. The van der Waals surface area contributed by atoms with E-state index in [0.717, 1.165) is 15.9 Å². The molecule has 8 heteroatoms. The second kappa shape index (κ2) is 7.40. The summed E-state index contributed by atoms with van der Waals surface area (Å²) in [5.41, 5.74) is 1.45. The number of likely N-dealkylation sites (tertiary alicyclic amines) is 1. The number of para-hydroxylation sites is 1. The minimum atomic E-state index is -0.991. The highest BCUT2D eigenvalue weighted by molar-refractivity contribution is 6.07. The van der Waals surface area contributed by atoms with Crippen LogP contribution in [0.1, 0.15) is 29.3 Å². The maximum Gasteiger partial charge on any atom is 0.267 e. The maximum absolute atomic E-state index is 13.7. The molecule has 1 spiro atoms. The Morgan fingerprint density at radius 2 is 1.88 bits per heavy atom. The number of aromatic nitrogens is 2. The van der Waals surface area contributed by atoms with Crippen molar-refractivity contribution >= 4 is 17.5 Å². The van der Waals surface area contributed by atoms with E-state index in [9.17, 15) is 18.8 Å². The number of hydrogen-bond acceptors (Lipinski definition) is 4. The van der Waals surface area contributed by atoms with Crippen molar-refractivity contribution in [2.45, 2.75) is 31.3 Å². The maximum atomic E-state index is 13.7. The van der Waals surface area contributed by atoms with Crippen LogP contribution in [0.3, 0.4) is 0 Å². The Bertz CT molecular complexity index is 1290. The summed E-state index contributed by atoms with van der Waals surface area (Å²) in [6.45, 7) is 1.83. The zero-order chi connectivity index (χ0) is 22.5. The van der Waals surface area contributed by atoms with Crippen molar-refractivity contribution in [2.24, 2.45) is 0 Å². The molecule has 0 saturated carbocycles. The minimum Gasteiger partial charge on any atom is -0.333 e. The number of fused-ring (bicyclic) bond motifs is 2. The number of amides is 2. The van der Waals surface area contributed by atoms with Crippen molar-refractivity contribution < 1.29 is 14.0 Å². The zero-order valence-corrected chi connectivity index (χ0v) is 17.4. The summed E-state index contributed by atoms with van der Waals surface area (Å²) in [4.78, 5) is 40.6. The van der Waals surface area contributed by atoms with Gasteiger partial charge in [-0.3, -0.25) is 14.4 Å². The molecule has 0 bridgehead atoms. The molecule has 32 heavy (non-hydrogen) atoms. The summed E-state index contributed by atoms with van der Waals surface area (Å²) >= 11 is 0. The Hall–Kier alpha value is -3.81. The Morgan fingerprint density at radius 1 is 1.12 bits per heavy atom. The van der Waals surface area contributed by atoms with Crippen LogP contribution in [-0.2, 0) is 21.5 Å². The van der Waals surface area contributed by atoms with Gasteiger partial charge in [0.25, 0.3) is 5.56 Å². The zero-order valence-electron chi connectivity index (χ0n) is 17.4. The van der Waals surface area contributed by atoms with Crippen molar-refractivity contribution in [3.05, 3.63) is 93.7 Å². The van der Waals surface area contributed by atoms with Crippen LogP contribution >= 0.6 is 0 Å². The van der Waals surface area contributed by atoms with Crippen molar-refractivity contribution in [3.8, 4) is 0 Å². The van der Waals surface area contributed by atoms with Crippen molar-refractivity contribution in [2.75, 3.05) is 11.9 Å². The Kier molecular flexibility index (Phi) is 4.65. The van der Waals surface area contributed by atoms with Crippen molar-refractivity contribution in [1.82, 2.24) is 14.7 Å². The fourth-order valence-electron chi connectivity index (χ4n) is 4.95. The van der Waals surface area contributed by atoms with Crippen LogP contribution in [0, 0.1) is 12.7 Å². The van der Waals surface area contributed by atoms with Crippen LogP contribution in [0.5, 0.6) is 0 Å². The third kappa shape index (κ3) is 3.02. The standard InChI is InChI=1S/C24H21FN4O3/c1-15-6-11-20(30)29(27-15)14-21(31)28-13-12-24(22(28)16-7-9-17(25)10-8-16)18-4-2-3-5-19(18)26-23(24)32/h2-11,22H,12-14H2,1H3,(H,26,32)/t22-,24+/m0/s1. The molecule has 162 valence electrons. The molecule has 2 atom stereocenters. The third-order valence-corrected chi connectivity index (χ3v) is 6.38. The van der Waals surface area contributed by atoms with Crippen LogP contribution in [-0.4, -0.2) is 33.0 Å². The smallest absolute Gasteiger partial charge is 0.267 e. The van der Waals surface area contributed by atoms with Gasteiger partial charge in [0.2, 0.25) is 11.8 Å². The summed E-state index contributed by atoms with van der Waals surface area (Å²) in [5.74, 6) is -0.909. The van der Waals surface area contributed by atoms with Crippen LogP contribution in [0.2, 0.25) is 0 Å². The average Bonchev–Trinajstić information content (AvgIpc) is 3.31. The number of nitrogens with one attached hydrogen (secondary N) is 1. The van der Waals surface area contributed by atoms with Crippen LogP contribution in [0.25, 0.3) is 0 Å². The lowest BCUT2D eigenvalue weighted by Gasteiger charge is -2.34. The van der Waals surface area contributed by atoms with Gasteiger partial charge in [0.15, 0.2) is 0 Å². The fourth-order valence-corrected chi connectivity index (χ4v) is 4.95. The van der Waals surface area contributed by atoms with E-state index in [2.05, 4.69) is 10.4 Å². The number of halogens is 1. The Balaban J connectivity index is 1.60. The first-order chi connectivity index (χ1) is 15.4. The number of carbonyl (C=O) groups excluding carboxylic acids is 2. The van der Waals surface area contributed by atoms with Gasteiger partial charge in [-0.05, 0) is 48.7 Å². The Labute approximate surface area is 183 Å². The minimum absolute atomic E-state index is 0.186. The van der Waals surface area contributed by atoms with Gasteiger partial charge >= 0.3 is 0 Å². The molecule has 1 aromatic heterocycles. The molecule has 0 radical (unpaired) electrons. The second-order valence-corrected chi connectivity index (χ2v) is 8.23. The van der Waals surface area contributed by atoms with Gasteiger partial charge in [0.05, 0.1) is 11.7 Å². The number of benzene rings is 2. The molecule has 1 saturated heterocycles. The first kappa shape index (κ1) is 20.1. The summed E-state index contributed by atoms with van der Waals surface area (Å²) in [5, 5.41) is 7.11. The second-order valence-electron chi connectivity index (χ2n) is 8.23. The van der Waals surface area contributed by atoms with E-state index < -0.39 is 17.3 Å². The number of hydrogen-bond donors (Lipinski definition) is 1. The molecular formula is C24H21FN4O3. The molecule has 2 aromatic carbocycles. The summed E-state index contributed by atoms with van der Waals surface area (Å²) in [6, 6.07) is 15.6. The van der Waals surface area contributed by atoms with Crippen LogP contribution in [0.4, 0.5) is 10.1 Å². The predicted molar refractivity (Wildman–Crippen MR) is 115 cm³/mol. The molecule has 2 aliphatic heterocycles. The van der Waals surface area contributed by atoms with Crippen molar-refractivity contribution in [3.63, 3.8) is 0 Å². The monoisotopic (exact) mass is 432 g/mol. The molecule has 0 aliphatic carbocycles. The van der Waals surface area contributed by atoms with Gasteiger partial charge in [-0.15, -0.1) is 0 Å². The van der Waals surface area contributed by atoms with Gasteiger partial charge in [0, 0.05) is 18.3 Å². The van der Waals surface area contributed by atoms with Gasteiger partial charge < -0.3 is 10.2 Å². The molecule has 1 N–H and O–H groups in total. The normalized spacial score (nSPS) is 21.6. The van der Waals surface area contributed by atoms with Crippen molar-refractivity contribution in [1.29, 1.82) is 0 Å². The highest BCUT2D eigenvalue weighted by Crippen LogP contribution is 2.54. The van der Waals surface area contributed by atoms with Gasteiger partial charge in [-0.1, -0.05) is 30.3 Å². The lowest BCUT2D eigenvalue weighted by Crippen LogP contribution is -2.44. The first-order valence-electron chi connectivity index (χ1n) is 10.4. The average molecular weight is 432 g/mol. The quantitative estimate of drug-likeness (QED) is 0.690. The lowest BCUT2D eigenvalue weighted by molar-refractivity contribution is -0.134. The predicted octanol–water partition coefficient (Wildman–Crippen LogP) is 2.55. The Morgan fingerprint density at radius 3 is 2.66 bits per heavy atom. The van der Waals surface area contributed by atoms with E-state index in [1.807, 2.05) is 24.3 Å². The van der Waals surface area contributed by atoms with Gasteiger partial charge in [-0.2, -0.15) is 5.10 Å². The summed E-state index contributed by atoms with van der Waals surface area (Å²) < 4.78 is 14.8. The van der Waals surface area contributed by atoms with Gasteiger partial charge in [0.1, 0.15) is 17.8 Å². The van der Waals surface area contributed by atoms with E-state index in [1.165, 1.54) is 18.2 Å². The molecule has 5 rings (SSSR count). The summed E-state index contributed by atoms with van der Waals surface area (Å²) in [7, 11) is 0. The lowest BCUT2D eigenvalue weighted by atomic mass is 9.72. The van der Waals surface area contributed by atoms with Crippen LogP contribution in [0.15, 0.2) is 65.5 Å². The third-order valence-electron chi connectivity index (χ3n) is 6.38. The molecule has 2 amide bonds. The molecule has 3 aromatic rings. The van der Waals surface area contributed by atoms with Gasteiger partial charge in [-0.25, -0.2) is 9.07 Å². The van der Waals surface area contributed by atoms with Crippen LogP contribution < -0.4 is 10.9 Å². The molecule has 2 aliphatic rings. The number of carbonyl (C=O) groups is 2. The topological polar surface area (TPSA) is 84.3 Å². The van der Waals surface area contributed by atoms with E-state index in [4.69, 9.17) is 0 Å². The van der Waals surface area contributed by atoms with E-state index in [0.29, 0.717) is 24.2 Å². The first-order valence-corrected chi connectivity index (χ1v) is 10.4. The molecule has 3 heterocycles. The number of nitrogens with zero attached hydrogens (tertiary/aromatic N) is 3. The number of rotatable bonds is 3. The van der Waals surface area contributed by atoms with E-state index in [-0.39, 0.29) is 23.9 Å². The van der Waals surface area contributed by atoms with E-state index in [1.54, 1.807) is 30.0 Å².